The third-order valence-corrected chi connectivity index (χ3v) is 5.81. The summed E-state index contributed by atoms with van der Waals surface area (Å²) in [6, 6.07) is 24.1. The smallest absolute Gasteiger partial charge is 0.280 e. The second-order valence-electron chi connectivity index (χ2n) is 7.89. The number of benzene rings is 3. The summed E-state index contributed by atoms with van der Waals surface area (Å²) in [5.41, 5.74) is 5.91. The van der Waals surface area contributed by atoms with E-state index in [1.54, 1.807) is 12.1 Å². The molecule has 5 rings (SSSR count). The van der Waals surface area contributed by atoms with Crippen molar-refractivity contribution in [2.75, 3.05) is 0 Å². The molecule has 1 aliphatic carbocycles. The fourth-order valence-electron chi connectivity index (χ4n) is 4.32. The lowest BCUT2D eigenvalue weighted by Gasteiger charge is -2.06. The molecule has 0 amide bonds. The van der Waals surface area contributed by atoms with Gasteiger partial charge in [-0.3, -0.25) is 14.9 Å². The summed E-state index contributed by atoms with van der Waals surface area (Å²) >= 11 is 0. The molecule has 1 aromatic heterocycles. The molecule has 0 saturated heterocycles. The third-order valence-electron chi connectivity index (χ3n) is 5.81. The summed E-state index contributed by atoms with van der Waals surface area (Å²) in [6.07, 6.45) is 1.76. The number of nitrogens with zero attached hydrogens (tertiary/aromatic N) is 2. The van der Waals surface area contributed by atoms with Gasteiger partial charge in [-0.1, -0.05) is 54.6 Å². The molecule has 4 aromatic rings. The molecule has 4 nitrogen and oxygen atoms in total. The highest BCUT2D eigenvalue weighted by atomic mass is 19.1. The average Bonchev–Trinajstić information content (AvgIpc) is 3.35. The molecule has 0 saturated carbocycles. The monoisotopic (exact) mass is 411 g/mol. The Labute approximate surface area is 179 Å². The van der Waals surface area contributed by atoms with Crippen LogP contribution in [0.1, 0.15) is 23.6 Å². The minimum Gasteiger partial charge on any atom is -0.290 e. The van der Waals surface area contributed by atoms with Gasteiger partial charge in [0, 0.05) is 11.3 Å². The fraction of sp³-hybridized carbons (Fsp3) is 0.154. The lowest BCUT2D eigenvalue weighted by molar-refractivity contribution is 0.627. The van der Waals surface area contributed by atoms with Crippen LogP contribution in [-0.2, 0) is 12.8 Å². The number of H-pyrrole nitrogens is 1. The molecule has 0 bridgehead atoms. The zero-order valence-electron chi connectivity index (χ0n) is 17.2. The molecule has 0 radical (unpaired) electrons. The van der Waals surface area contributed by atoms with E-state index >= 15 is 0 Å². The Morgan fingerprint density at radius 3 is 2.19 bits per heavy atom. The van der Waals surface area contributed by atoms with E-state index in [1.165, 1.54) is 27.9 Å². The minimum atomic E-state index is -0.342. The van der Waals surface area contributed by atoms with E-state index in [0.29, 0.717) is 22.7 Å². The Bertz CT molecular complexity index is 1290. The molecule has 3 aromatic carbocycles. The van der Waals surface area contributed by atoms with Gasteiger partial charge < -0.3 is 0 Å². The van der Waals surface area contributed by atoms with E-state index in [-0.39, 0.29) is 17.4 Å². The number of aromatic nitrogens is 2. The Kier molecular flexibility index (Phi) is 4.86. The average molecular weight is 411 g/mol. The van der Waals surface area contributed by atoms with Crippen molar-refractivity contribution >= 4 is 5.71 Å². The highest BCUT2D eigenvalue weighted by molar-refractivity contribution is 6.03. The zero-order valence-corrected chi connectivity index (χ0v) is 17.2. The molecule has 0 atom stereocenters. The van der Waals surface area contributed by atoms with Crippen molar-refractivity contribution < 1.29 is 4.39 Å². The van der Waals surface area contributed by atoms with Gasteiger partial charge in [0.1, 0.15) is 5.82 Å². The topological polar surface area (TPSA) is 50.1 Å². The van der Waals surface area contributed by atoms with Crippen LogP contribution in [0.3, 0.4) is 0 Å². The Morgan fingerprint density at radius 2 is 1.55 bits per heavy atom. The number of rotatable bonds is 4. The van der Waals surface area contributed by atoms with Crippen molar-refractivity contribution in [3.8, 4) is 16.9 Å². The van der Waals surface area contributed by atoms with Crippen LogP contribution in [0.25, 0.3) is 16.9 Å². The Balaban J connectivity index is 1.60. The van der Waals surface area contributed by atoms with Gasteiger partial charge in [0.2, 0.25) is 0 Å². The highest BCUT2D eigenvalue weighted by Gasteiger charge is 2.23. The van der Waals surface area contributed by atoms with E-state index in [1.807, 2.05) is 37.3 Å². The van der Waals surface area contributed by atoms with Gasteiger partial charge in [-0.25, -0.2) is 9.07 Å². The largest absolute Gasteiger partial charge is 0.290 e. The van der Waals surface area contributed by atoms with Gasteiger partial charge in [-0.05, 0) is 55.2 Å². The number of fused-ring (bicyclic) bond motifs is 1. The summed E-state index contributed by atoms with van der Waals surface area (Å²) in [4.78, 5) is 18.4. The molecule has 31 heavy (non-hydrogen) atoms. The maximum atomic E-state index is 13.4. The number of hydrogen-bond donors (Lipinski definition) is 1. The Morgan fingerprint density at radius 1 is 0.935 bits per heavy atom. The molecule has 0 unspecified atom stereocenters. The van der Waals surface area contributed by atoms with E-state index < -0.39 is 0 Å². The van der Waals surface area contributed by atoms with Crippen LogP contribution < -0.4 is 5.56 Å². The van der Waals surface area contributed by atoms with Crippen LogP contribution in [-0.4, -0.2) is 21.5 Å². The molecule has 1 N–H and O–H groups in total. The molecule has 0 spiro atoms. The summed E-state index contributed by atoms with van der Waals surface area (Å²) < 4.78 is 14.9. The molecule has 154 valence electrons. The first-order valence-electron chi connectivity index (χ1n) is 10.4. The lowest BCUT2D eigenvalue weighted by atomic mass is 10.0. The number of aliphatic imine (C=N–C) groups is 1. The summed E-state index contributed by atoms with van der Waals surface area (Å²) in [5, 5.41) is 3.23. The van der Waals surface area contributed by atoms with Crippen LogP contribution in [0, 0.1) is 5.82 Å². The van der Waals surface area contributed by atoms with Crippen molar-refractivity contribution in [1.29, 1.82) is 0 Å². The molecule has 1 aliphatic rings. The molecular formula is C26H22FN3O. The van der Waals surface area contributed by atoms with Crippen LogP contribution in [0.5, 0.6) is 0 Å². The Hall–Kier alpha value is -3.73. The van der Waals surface area contributed by atoms with Gasteiger partial charge in [0.25, 0.3) is 5.56 Å². The maximum Gasteiger partial charge on any atom is 0.280 e. The van der Waals surface area contributed by atoms with Gasteiger partial charge >= 0.3 is 0 Å². The van der Waals surface area contributed by atoms with E-state index in [4.69, 9.17) is 4.99 Å². The lowest BCUT2D eigenvalue weighted by Crippen LogP contribution is -2.20. The van der Waals surface area contributed by atoms with Gasteiger partial charge in [-0.15, -0.1) is 0 Å². The predicted molar refractivity (Wildman–Crippen MR) is 122 cm³/mol. The SMILES string of the molecule is CC(=NC1Cc2ccccc2C1)c1c(-c2ccccc2)[nH]n(-c2ccc(F)cc2)c1=O. The normalized spacial score (nSPS) is 14.1. The van der Waals surface area contributed by atoms with Gasteiger partial charge in [0.05, 0.1) is 23.0 Å². The summed E-state index contributed by atoms with van der Waals surface area (Å²) in [7, 11) is 0. The van der Waals surface area contributed by atoms with Crippen LogP contribution >= 0.6 is 0 Å². The van der Waals surface area contributed by atoms with Crippen molar-refractivity contribution in [2.24, 2.45) is 4.99 Å². The molecule has 1 heterocycles. The highest BCUT2D eigenvalue weighted by Crippen LogP contribution is 2.26. The number of aromatic amines is 1. The van der Waals surface area contributed by atoms with Crippen molar-refractivity contribution in [3.05, 3.63) is 112 Å². The van der Waals surface area contributed by atoms with Crippen LogP contribution in [0.2, 0.25) is 0 Å². The molecular weight excluding hydrogens is 389 g/mol. The van der Waals surface area contributed by atoms with Gasteiger partial charge in [-0.2, -0.15) is 0 Å². The summed E-state index contributed by atoms with van der Waals surface area (Å²) in [6.45, 7) is 1.90. The van der Waals surface area contributed by atoms with Crippen molar-refractivity contribution in [3.63, 3.8) is 0 Å². The van der Waals surface area contributed by atoms with Crippen molar-refractivity contribution in [1.82, 2.24) is 9.78 Å². The summed E-state index contributed by atoms with van der Waals surface area (Å²) in [5.74, 6) is -0.342. The van der Waals surface area contributed by atoms with Crippen LogP contribution in [0.15, 0.2) is 88.6 Å². The molecule has 0 aliphatic heterocycles. The third kappa shape index (κ3) is 3.63. The maximum absolute atomic E-state index is 13.4. The van der Waals surface area contributed by atoms with Gasteiger partial charge in [0.15, 0.2) is 0 Å². The first-order valence-corrected chi connectivity index (χ1v) is 10.4. The number of halogens is 1. The zero-order chi connectivity index (χ0) is 21.4. The number of nitrogens with one attached hydrogen (secondary N) is 1. The fourth-order valence-corrected chi connectivity index (χ4v) is 4.32. The second kappa shape index (κ2) is 7.84. The molecule has 5 heteroatoms. The standard InChI is InChI=1S/C26H22FN3O/c1-17(28-22-15-19-9-5-6-10-20(19)16-22)24-25(18-7-3-2-4-8-18)29-30(26(24)31)23-13-11-21(27)12-14-23/h2-14,22,29H,15-16H2,1H3. The minimum absolute atomic E-state index is 0.120. The van der Waals surface area contributed by atoms with E-state index in [2.05, 4.69) is 29.4 Å². The first kappa shape index (κ1) is 19.2. The quantitative estimate of drug-likeness (QED) is 0.475. The number of hydrogen-bond acceptors (Lipinski definition) is 2. The first-order chi connectivity index (χ1) is 15.1. The molecule has 0 fully saturated rings. The van der Waals surface area contributed by atoms with E-state index in [0.717, 1.165) is 18.4 Å². The van der Waals surface area contributed by atoms with Crippen LogP contribution in [0.4, 0.5) is 4.39 Å². The van der Waals surface area contributed by atoms with E-state index in [9.17, 15) is 9.18 Å². The second-order valence-corrected chi connectivity index (χ2v) is 7.89. The van der Waals surface area contributed by atoms with Crippen molar-refractivity contribution in [2.45, 2.75) is 25.8 Å². The predicted octanol–water partition coefficient (Wildman–Crippen LogP) is 4.95.